The number of benzene rings is 2. The van der Waals surface area contributed by atoms with Crippen molar-refractivity contribution < 1.29 is 17.6 Å². The molecule has 0 radical (unpaired) electrons. The molecular weight excluding hydrogens is 380 g/mol. The topological polar surface area (TPSA) is 89.6 Å². The van der Waals surface area contributed by atoms with Crippen molar-refractivity contribution in [1.82, 2.24) is 4.57 Å². The van der Waals surface area contributed by atoms with Gasteiger partial charge in [0.1, 0.15) is 0 Å². The van der Waals surface area contributed by atoms with E-state index in [1.54, 1.807) is 11.9 Å². The van der Waals surface area contributed by atoms with Crippen LogP contribution in [0.15, 0.2) is 56.6 Å². The van der Waals surface area contributed by atoms with E-state index in [-0.39, 0.29) is 34.6 Å². The third-order valence-electron chi connectivity index (χ3n) is 5.18. The number of rotatable bonds is 4. The highest BCUT2D eigenvalue weighted by Gasteiger charge is 2.31. The van der Waals surface area contributed by atoms with Crippen LogP contribution in [0, 0.1) is 0 Å². The molecule has 1 aromatic heterocycles. The van der Waals surface area contributed by atoms with E-state index >= 15 is 0 Å². The molecule has 3 aromatic rings. The summed E-state index contributed by atoms with van der Waals surface area (Å²) in [5.41, 5.74) is 2.67. The van der Waals surface area contributed by atoms with Gasteiger partial charge in [0.25, 0.3) is 0 Å². The molecular formula is C20H20N2O5S. The normalized spacial score (nSPS) is 16.5. The second-order valence-corrected chi connectivity index (χ2v) is 9.18. The number of hydrogen-bond donors (Lipinski definition) is 0. The van der Waals surface area contributed by atoms with E-state index < -0.39 is 15.6 Å². The van der Waals surface area contributed by atoms with Gasteiger partial charge in [0, 0.05) is 31.3 Å². The molecule has 146 valence electrons. The fourth-order valence-corrected chi connectivity index (χ4v) is 4.95. The third-order valence-corrected chi connectivity index (χ3v) is 6.90. The van der Waals surface area contributed by atoms with Gasteiger partial charge in [-0.25, -0.2) is 13.2 Å². The maximum Gasteiger partial charge on any atom is 0.419 e. The number of nitrogens with zero attached hydrogens (tertiary/aromatic N) is 2. The molecule has 2 aromatic carbocycles. The Morgan fingerprint density at radius 1 is 1.21 bits per heavy atom. The zero-order chi connectivity index (χ0) is 20.1. The number of aromatic nitrogens is 1. The minimum absolute atomic E-state index is 0.00236. The van der Waals surface area contributed by atoms with Gasteiger partial charge in [-0.1, -0.05) is 18.2 Å². The summed E-state index contributed by atoms with van der Waals surface area (Å²) >= 11 is 0. The van der Waals surface area contributed by atoms with E-state index in [2.05, 4.69) is 0 Å². The number of amides is 1. The maximum absolute atomic E-state index is 12.8. The Balaban J connectivity index is 1.54. The lowest BCUT2D eigenvalue weighted by Crippen LogP contribution is -2.36. The summed E-state index contributed by atoms with van der Waals surface area (Å²) in [6.07, 6.45) is 0.649. The van der Waals surface area contributed by atoms with E-state index in [0.717, 1.165) is 17.7 Å². The minimum Gasteiger partial charge on any atom is -0.408 e. The molecule has 0 N–H and O–H groups in total. The van der Waals surface area contributed by atoms with Crippen LogP contribution in [0.2, 0.25) is 0 Å². The van der Waals surface area contributed by atoms with Crippen LogP contribution in [0.25, 0.3) is 11.1 Å². The second-order valence-electron chi connectivity index (χ2n) is 7.07. The van der Waals surface area contributed by atoms with Crippen LogP contribution in [0.5, 0.6) is 0 Å². The highest BCUT2D eigenvalue weighted by molar-refractivity contribution is 7.91. The highest BCUT2D eigenvalue weighted by Crippen LogP contribution is 2.32. The van der Waals surface area contributed by atoms with Gasteiger partial charge in [-0.05, 0) is 37.1 Å². The average Bonchev–Trinajstić information content (AvgIpc) is 3.15. The Hall–Kier alpha value is -2.87. The van der Waals surface area contributed by atoms with Crippen molar-refractivity contribution in [3.8, 4) is 0 Å². The molecule has 0 spiro atoms. The van der Waals surface area contributed by atoms with Crippen molar-refractivity contribution in [2.45, 2.75) is 30.7 Å². The standard InChI is InChI=1S/C20H20N2O5S/c1-13-11-14-5-3-4-6-16(14)22(13)19(23)9-10-28(25,26)15-7-8-17-18(12-15)27-20(24)21(17)2/h3-8,12-13H,9-11H2,1-2H3/t13-/m0/s1. The molecule has 1 aliphatic heterocycles. The summed E-state index contributed by atoms with van der Waals surface area (Å²) in [5.74, 6) is -1.07. The molecule has 0 fully saturated rings. The zero-order valence-electron chi connectivity index (χ0n) is 15.6. The smallest absolute Gasteiger partial charge is 0.408 e. The second kappa shape index (κ2) is 6.63. The average molecular weight is 400 g/mol. The van der Waals surface area contributed by atoms with Gasteiger partial charge in [-0.3, -0.25) is 9.36 Å². The summed E-state index contributed by atoms with van der Waals surface area (Å²) in [7, 11) is -2.14. The van der Waals surface area contributed by atoms with Gasteiger partial charge < -0.3 is 9.32 Å². The highest BCUT2D eigenvalue weighted by atomic mass is 32.2. The van der Waals surface area contributed by atoms with Gasteiger partial charge in [-0.2, -0.15) is 0 Å². The molecule has 1 atom stereocenters. The van der Waals surface area contributed by atoms with Crippen LogP contribution < -0.4 is 10.7 Å². The molecule has 2 heterocycles. The predicted octanol–water partition coefficient (Wildman–Crippen LogP) is 2.27. The molecule has 7 nitrogen and oxygen atoms in total. The van der Waals surface area contributed by atoms with Crippen molar-refractivity contribution >= 4 is 32.5 Å². The van der Waals surface area contributed by atoms with E-state index in [4.69, 9.17) is 4.42 Å². The Morgan fingerprint density at radius 3 is 2.75 bits per heavy atom. The number of fused-ring (bicyclic) bond motifs is 2. The number of anilines is 1. The van der Waals surface area contributed by atoms with Crippen molar-refractivity contribution in [1.29, 1.82) is 0 Å². The summed E-state index contributed by atoms with van der Waals surface area (Å²) in [6.45, 7) is 1.96. The van der Waals surface area contributed by atoms with Gasteiger partial charge in [0.15, 0.2) is 15.4 Å². The first-order valence-corrected chi connectivity index (χ1v) is 10.7. The summed E-state index contributed by atoms with van der Waals surface area (Å²) in [5, 5.41) is 0. The Labute approximate surface area is 162 Å². The number of oxazole rings is 1. The predicted molar refractivity (Wildman–Crippen MR) is 105 cm³/mol. The summed E-state index contributed by atoms with van der Waals surface area (Å²) in [4.78, 5) is 26.1. The van der Waals surface area contributed by atoms with Crippen LogP contribution in [0.1, 0.15) is 18.9 Å². The fraction of sp³-hybridized carbons (Fsp3) is 0.300. The monoisotopic (exact) mass is 400 g/mol. The minimum atomic E-state index is -3.69. The Morgan fingerprint density at radius 2 is 1.96 bits per heavy atom. The number of sulfone groups is 1. The lowest BCUT2D eigenvalue weighted by Gasteiger charge is -2.22. The first-order valence-electron chi connectivity index (χ1n) is 9.00. The number of hydrogen-bond acceptors (Lipinski definition) is 5. The third kappa shape index (κ3) is 3.03. The number of carbonyl (C=O) groups excluding carboxylic acids is 1. The number of para-hydroxylation sites is 1. The van der Waals surface area contributed by atoms with Crippen molar-refractivity contribution in [3.05, 3.63) is 58.6 Å². The lowest BCUT2D eigenvalue weighted by atomic mass is 10.1. The first kappa shape index (κ1) is 18.5. The van der Waals surface area contributed by atoms with E-state index in [1.807, 2.05) is 31.2 Å². The zero-order valence-corrected chi connectivity index (χ0v) is 16.4. The van der Waals surface area contributed by atoms with Crippen molar-refractivity contribution in [3.63, 3.8) is 0 Å². The lowest BCUT2D eigenvalue weighted by molar-refractivity contribution is -0.118. The molecule has 8 heteroatoms. The Kier molecular flexibility index (Phi) is 4.38. The summed E-state index contributed by atoms with van der Waals surface area (Å²) < 4.78 is 31.8. The molecule has 0 bridgehead atoms. The van der Waals surface area contributed by atoms with Crippen LogP contribution >= 0.6 is 0 Å². The van der Waals surface area contributed by atoms with Gasteiger partial charge in [-0.15, -0.1) is 0 Å². The van der Waals surface area contributed by atoms with E-state index in [0.29, 0.717) is 5.52 Å². The molecule has 0 saturated carbocycles. The fourth-order valence-electron chi connectivity index (χ4n) is 3.71. The van der Waals surface area contributed by atoms with Crippen LogP contribution in [-0.2, 0) is 28.1 Å². The van der Waals surface area contributed by atoms with Gasteiger partial charge >= 0.3 is 5.76 Å². The summed E-state index contributed by atoms with van der Waals surface area (Å²) in [6, 6.07) is 12.0. The van der Waals surface area contributed by atoms with Crippen LogP contribution in [0.3, 0.4) is 0 Å². The number of carbonyl (C=O) groups is 1. The van der Waals surface area contributed by atoms with Crippen molar-refractivity contribution in [2.75, 3.05) is 10.7 Å². The molecule has 0 aliphatic carbocycles. The van der Waals surface area contributed by atoms with Crippen LogP contribution in [-0.4, -0.2) is 30.7 Å². The molecule has 0 saturated heterocycles. The first-order chi connectivity index (χ1) is 13.3. The van der Waals surface area contributed by atoms with E-state index in [1.165, 1.54) is 22.8 Å². The quantitative estimate of drug-likeness (QED) is 0.670. The molecule has 1 aliphatic rings. The number of aryl methyl sites for hydroxylation is 1. The van der Waals surface area contributed by atoms with Crippen molar-refractivity contribution in [2.24, 2.45) is 7.05 Å². The molecule has 4 rings (SSSR count). The SMILES string of the molecule is C[C@H]1Cc2ccccc2N1C(=O)CCS(=O)(=O)c1ccc2c(c1)oc(=O)n2C. The Bertz CT molecular complexity index is 1240. The molecule has 0 unspecified atom stereocenters. The van der Waals surface area contributed by atoms with Gasteiger partial charge in [0.2, 0.25) is 5.91 Å². The van der Waals surface area contributed by atoms with Crippen LogP contribution in [0.4, 0.5) is 5.69 Å². The van der Waals surface area contributed by atoms with E-state index in [9.17, 15) is 18.0 Å². The molecule has 28 heavy (non-hydrogen) atoms. The molecule has 1 amide bonds. The largest absolute Gasteiger partial charge is 0.419 e. The maximum atomic E-state index is 12.8. The van der Waals surface area contributed by atoms with Gasteiger partial charge in [0.05, 0.1) is 16.2 Å².